The van der Waals surface area contributed by atoms with Crippen molar-refractivity contribution in [3.8, 4) is 0 Å². The fraction of sp³-hybridized carbons (Fsp3) is 0.0588. The maximum Gasteiger partial charge on any atom is 0.0391 e. The summed E-state index contributed by atoms with van der Waals surface area (Å²) in [6.07, 6.45) is 0. The van der Waals surface area contributed by atoms with Crippen molar-refractivity contribution in [2.45, 2.75) is 6.92 Å². The van der Waals surface area contributed by atoms with Gasteiger partial charge in [0.25, 0.3) is 0 Å². The van der Waals surface area contributed by atoms with Crippen LogP contribution in [0.25, 0.3) is 30.9 Å². The van der Waals surface area contributed by atoms with Gasteiger partial charge in [0.15, 0.2) is 0 Å². The van der Waals surface area contributed by atoms with E-state index in [0.717, 1.165) is 0 Å². The fourth-order valence-electron chi connectivity index (χ4n) is 2.74. The lowest BCUT2D eigenvalue weighted by molar-refractivity contribution is 1.58. The van der Waals surface area contributed by atoms with Crippen LogP contribution in [0.15, 0.2) is 54.6 Å². The van der Waals surface area contributed by atoms with Gasteiger partial charge in [-0.2, -0.15) is 0 Å². The molecule has 0 fully saturated rings. The molecule has 0 amide bonds. The molecule has 0 unspecified atom stereocenters. The Morgan fingerprint density at radius 3 is 2.44 bits per heavy atom. The van der Waals surface area contributed by atoms with Crippen molar-refractivity contribution in [3.63, 3.8) is 0 Å². The quantitative estimate of drug-likeness (QED) is 0.384. The van der Waals surface area contributed by atoms with Crippen molar-refractivity contribution in [1.29, 1.82) is 0 Å². The maximum absolute atomic E-state index is 2.30. The molecule has 3 aromatic carbocycles. The lowest BCUT2D eigenvalue weighted by Crippen LogP contribution is -1.77. The summed E-state index contributed by atoms with van der Waals surface area (Å²) in [4.78, 5) is 0. The smallest absolute Gasteiger partial charge is 0.0391 e. The third-order valence-corrected chi connectivity index (χ3v) is 4.86. The Morgan fingerprint density at radius 1 is 0.833 bits per heavy atom. The normalized spacial score (nSPS) is 11.6. The molecule has 0 N–H and O–H groups in total. The predicted molar refractivity (Wildman–Crippen MR) is 81.6 cm³/mol. The van der Waals surface area contributed by atoms with E-state index in [1.54, 1.807) is 0 Å². The van der Waals surface area contributed by atoms with Crippen molar-refractivity contribution < 1.29 is 0 Å². The van der Waals surface area contributed by atoms with Gasteiger partial charge in [-0.1, -0.05) is 42.5 Å². The minimum Gasteiger partial charge on any atom is -0.135 e. The van der Waals surface area contributed by atoms with Crippen LogP contribution < -0.4 is 0 Å². The zero-order chi connectivity index (χ0) is 12.1. The second-order valence-corrected chi connectivity index (χ2v) is 5.77. The third-order valence-electron chi connectivity index (χ3n) is 3.56. The summed E-state index contributed by atoms with van der Waals surface area (Å²) < 4.78 is 2.81. The fourth-order valence-corrected chi connectivity index (χ4v) is 3.93. The van der Waals surface area contributed by atoms with E-state index in [1.165, 1.54) is 36.5 Å². The molecule has 4 aromatic rings. The molecule has 1 aromatic heterocycles. The van der Waals surface area contributed by atoms with E-state index >= 15 is 0 Å². The molecule has 0 saturated heterocycles. The first-order chi connectivity index (χ1) is 8.84. The minimum atomic E-state index is 1.34. The lowest BCUT2D eigenvalue weighted by Gasteiger charge is -2.03. The molecule has 0 bridgehead atoms. The number of rotatable bonds is 0. The Labute approximate surface area is 109 Å². The lowest BCUT2D eigenvalue weighted by atomic mass is 10.0. The number of fused-ring (bicyclic) bond motifs is 5. The van der Waals surface area contributed by atoms with Gasteiger partial charge in [-0.05, 0) is 35.4 Å². The second-order valence-electron chi connectivity index (χ2n) is 4.72. The van der Waals surface area contributed by atoms with Gasteiger partial charge in [-0.3, -0.25) is 0 Å². The summed E-state index contributed by atoms with van der Waals surface area (Å²) in [5, 5.41) is 5.52. The molecule has 0 aliphatic heterocycles. The van der Waals surface area contributed by atoms with Crippen LogP contribution in [0.3, 0.4) is 0 Å². The van der Waals surface area contributed by atoms with Crippen LogP contribution in [0.5, 0.6) is 0 Å². The summed E-state index contributed by atoms with van der Waals surface area (Å²) in [5.74, 6) is 0. The first kappa shape index (κ1) is 10.1. The SMILES string of the molecule is Cc1cc2ccccc2c2c1sc1ccccc12. The molecule has 0 saturated carbocycles. The molecular formula is C17H12S. The van der Waals surface area contributed by atoms with Gasteiger partial charge in [0.05, 0.1) is 0 Å². The number of thiophene rings is 1. The van der Waals surface area contributed by atoms with Crippen LogP contribution in [-0.2, 0) is 0 Å². The Balaban J connectivity index is 2.41. The molecule has 0 atom stereocenters. The van der Waals surface area contributed by atoms with Crippen LogP contribution in [0.1, 0.15) is 5.56 Å². The van der Waals surface area contributed by atoms with Crippen LogP contribution in [0, 0.1) is 6.92 Å². The van der Waals surface area contributed by atoms with Gasteiger partial charge in [0.2, 0.25) is 0 Å². The van der Waals surface area contributed by atoms with E-state index in [1.807, 2.05) is 11.3 Å². The third kappa shape index (κ3) is 1.25. The van der Waals surface area contributed by atoms with Crippen molar-refractivity contribution >= 4 is 42.3 Å². The zero-order valence-electron chi connectivity index (χ0n) is 10.1. The Morgan fingerprint density at radius 2 is 1.56 bits per heavy atom. The van der Waals surface area contributed by atoms with Gasteiger partial charge >= 0.3 is 0 Å². The second kappa shape index (κ2) is 3.56. The van der Waals surface area contributed by atoms with Crippen molar-refractivity contribution in [1.82, 2.24) is 0 Å². The van der Waals surface area contributed by atoms with Gasteiger partial charge < -0.3 is 0 Å². The Hall–Kier alpha value is -1.86. The Kier molecular flexibility index (Phi) is 2.00. The summed E-state index contributed by atoms with van der Waals surface area (Å²) in [6.45, 7) is 2.21. The van der Waals surface area contributed by atoms with E-state index in [0.29, 0.717) is 0 Å². The average molecular weight is 248 g/mol. The van der Waals surface area contributed by atoms with Crippen LogP contribution in [0.2, 0.25) is 0 Å². The van der Waals surface area contributed by atoms with Gasteiger partial charge in [-0.25, -0.2) is 0 Å². The molecule has 18 heavy (non-hydrogen) atoms. The molecule has 1 heterocycles. The molecule has 86 valence electrons. The average Bonchev–Trinajstić information content (AvgIpc) is 2.79. The van der Waals surface area contributed by atoms with Gasteiger partial charge in [-0.15, -0.1) is 11.3 Å². The molecule has 0 spiro atoms. The largest absolute Gasteiger partial charge is 0.135 e. The van der Waals surface area contributed by atoms with Gasteiger partial charge in [0, 0.05) is 20.2 Å². The molecule has 1 heteroatoms. The summed E-state index contributed by atoms with van der Waals surface area (Å²) in [7, 11) is 0. The minimum absolute atomic E-state index is 1.34. The number of hydrogen-bond acceptors (Lipinski definition) is 1. The number of aryl methyl sites for hydroxylation is 1. The first-order valence-corrected chi connectivity index (χ1v) is 6.96. The van der Waals surface area contributed by atoms with E-state index in [2.05, 4.69) is 61.5 Å². The van der Waals surface area contributed by atoms with E-state index < -0.39 is 0 Å². The molecular weight excluding hydrogens is 236 g/mol. The monoisotopic (exact) mass is 248 g/mol. The highest BCUT2D eigenvalue weighted by Gasteiger charge is 2.10. The van der Waals surface area contributed by atoms with Crippen LogP contribution in [-0.4, -0.2) is 0 Å². The van der Waals surface area contributed by atoms with E-state index in [-0.39, 0.29) is 0 Å². The molecule has 4 rings (SSSR count). The summed E-state index contributed by atoms with van der Waals surface area (Å²) in [6, 6.07) is 19.7. The van der Waals surface area contributed by atoms with E-state index in [4.69, 9.17) is 0 Å². The maximum atomic E-state index is 2.30. The van der Waals surface area contributed by atoms with Crippen molar-refractivity contribution in [2.75, 3.05) is 0 Å². The molecule has 0 aliphatic rings. The van der Waals surface area contributed by atoms with Crippen molar-refractivity contribution in [2.24, 2.45) is 0 Å². The highest BCUT2D eigenvalue weighted by atomic mass is 32.1. The van der Waals surface area contributed by atoms with Crippen molar-refractivity contribution in [3.05, 3.63) is 60.2 Å². The highest BCUT2D eigenvalue weighted by molar-refractivity contribution is 7.26. The summed E-state index contributed by atoms with van der Waals surface area (Å²) in [5.41, 5.74) is 1.38. The summed E-state index contributed by atoms with van der Waals surface area (Å²) >= 11 is 1.90. The van der Waals surface area contributed by atoms with Crippen LogP contribution >= 0.6 is 11.3 Å². The predicted octanol–water partition coefficient (Wildman–Crippen LogP) is 5.52. The topological polar surface area (TPSA) is 0 Å². The molecule has 0 aliphatic carbocycles. The van der Waals surface area contributed by atoms with Gasteiger partial charge in [0.1, 0.15) is 0 Å². The van der Waals surface area contributed by atoms with Crippen LogP contribution in [0.4, 0.5) is 0 Å². The Bertz CT molecular complexity index is 884. The molecule has 0 nitrogen and oxygen atoms in total. The first-order valence-electron chi connectivity index (χ1n) is 6.14. The number of hydrogen-bond donors (Lipinski definition) is 0. The molecule has 0 radical (unpaired) electrons. The zero-order valence-corrected chi connectivity index (χ0v) is 10.9. The van der Waals surface area contributed by atoms with E-state index in [9.17, 15) is 0 Å². The number of benzene rings is 3. The standard InChI is InChI=1S/C17H12S/c1-11-10-12-6-2-3-7-13(12)16-14-8-4-5-9-15(14)18-17(11)16/h2-10H,1H3. The highest BCUT2D eigenvalue weighted by Crippen LogP contribution is 2.40.